The van der Waals surface area contributed by atoms with E-state index in [1.165, 1.54) is 22.5 Å². The van der Waals surface area contributed by atoms with E-state index in [-0.39, 0.29) is 12.4 Å². The van der Waals surface area contributed by atoms with Gasteiger partial charge in [-0.3, -0.25) is 4.79 Å². The van der Waals surface area contributed by atoms with Gasteiger partial charge in [-0.2, -0.15) is 0 Å². The minimum atomic E-state index is -0.667. The molecular formula is C23H29ClN2O2. The first-order valence-corrected chi connectivity index (χ1v) is 10.1. The summed E-state index contributed by atoms with van der Waals surface area (Å²) in [7, 11) is 0. The molecular weight excluding hydrogens is 372 g/mol. The van der Waals surface area contributed by atoms with Crippen molar-refractivity contribution in [2.45, 2.75) is 32.1 Å². The largest absolute Gasteiger partial charge is 0.481 e. The van der Waals surface area contributed by atoms with Gasteiger partial charge < -0.3 is 14.9 Å². The van der Waals surface area contributed by atoms with E-state index in [0.29, 0.717) is 12.3 Å². The second-order valence-corrected chi connectivity index (χ2v) is 7.82. The molecule has 5 heteroatoms. The van der Waals surface area contributed by atoms with Crippen molar-refractivity contribution in [3.8, 4) is 0 Å². The molecule has 1 atom stereocenters. The third-order valence-corrected chi connectivity index (χ3v) is 5.92. The summed E-state index contributed by atoms with van der Waals surface area (Å²) in [6.45, 7) is 4.00. The summed E-state index contributed by atoms with van der Waals surface area (Å²) in [6, 6.07) is 17.6. The van der Waals surface area contributed by atoms with Crippen LogP contribution >= 0.6 is 12.4 Å². The number of para-hydroxylation sites is 2. The van der Waals surface area contributed by atoms with Crippen molar-refractivity contribution in [3.63, 3.8) is 0 Å². The molecule has 1 saturated heterocycles. The van der Waals surface area contributed by atoms with E-state index in [1.54, 1.807) is 0 Å². The van der Waals surface area contributed by atoms with Crippen molar-refractivity contribution in [1.82, 2.24) is 4.90 Å². The number of hydrogen-bond donors (Lipinski definition) is 1. The molecule has 150 valence electrons. The number of carbonyl (C=O) groups is 1. The number of anilines is 2. The molecule has 2 heterocycles. The maximum Gasteiger partial charge on any atom is 0.303 e. The minimum Gasteiger partial charge on any atom is -0.481 e. The molecule has 1 N–H and O–H groups in total. The Morgan fingerprint density at radius 2 is 1.57 bits per heavy atom. The van der Waals surface area contributed by atoms with Gasteiger partial charge in [0.15, 0.2) is 0 Å². The number of fused-ring (bicyclic) bond motifs is 2. The number of rotatable bonds is 6. The van der Waals surface area contributed by atoms with Crippen molar-refractivity contribution in [3.05, 3.63) is 59.7 Å². The van der Waals surface area contributed by atoms with E-state index in [4.69, 9.17) is 5.11 Å². The van der Waals surface area contributed by atoms with Crippen LogP contribution in [0, 0.1) is 5.92 Å². The Hall–Kier alpha value is -2.04. The molecule has 0 bridgehead atoms. The minimum absolute atomic E-state index is 0. The topological polar surface area (TPSA) is 43.8 Å². The predicted octanol–water partition coefficient (Wildman–Crippen LogP) is 4.53. The summed E-state index contributed by atoms with van der Waals surface area (Å²) < 4.78 is 0. The highest BCUT2D eigenvalue weighted by molar-refractivity contribution is 5.85. The molecule has 1 unspecified atom stereocenters. The molecule has 0 saturated carbocycles. The van der Waals surface area contributed by atoms with Gasteiger partial charge in [0.25, 0.3) is 0 Å². The van der Waals surface area contributed by atoms with Crippen LogP contribution in [0.25, 0.3) is 0 Å². The first-order valence-electron chi connectivity index (χ1n) is 10.1. The molecule has 2 aromatic rings. The maximum absolute atomic E-state index is 10.9. The molecule has 4 nitrogen and oxygen atoms in total. The first-order chi connectivity index (χ1) is 13.2. The van der Waals surface area contributed by atoms with Crippen LogP contribution in [-0.4, -0.2) is 42.2 Å². The van der Waals surface area contributed by atoms with Gasteiger partial charge >= 0.3 is 5.97 Å². The number of benzene rings is 2. The first kappa shape index (κ1) is 20.7. The van der Waals surface area contributed by atoms with Gasteiger partial charge in [0, 0.05) is 30.9 Å². The van der Waals surface area contributed by atoms with Crippen molar-refractivity contribution in [1.29, 1.82) is 0 Å². The molecule has 2 aliphatic heterocycles. The highest BCUT2D eigenvalue weighted by Crippen LogP contribution is 2.36. The second kappa shape index (κ2) is 9.44. The number of carboxylic acid groups (broad SMARTS) is 1. The van der Waals surface area contributed by atoms with Crippen molar-refractivity contribution < 1.29 is 9.90 Å². The molecule has 28 heavy (non-hydrogen) atoms. The summed E-state index contributed by atoms with van der Waals surface area (Å²) in [5, 5.41) is 8.99. The average Bonchev–Trinajstić information content (AvgIpc) is 3.04. The molecule has 0 spiro atoms. The third-order valence-electron chi connectivity index (χ3n) is 5.92. The van der Waals surface area contributed by atoms with Crippen molar-refractivity contribution >= 4 is 29.8 Å². The normalized spacial score (nSPS) is 18.7. The maximum atomic E-state index is 10.9. The fourth-order valence-corrected chi connectivity index (χ4v) is 4.59. The molecule has 0 aliphatic carbocycles. The Morgan fingerprint density at radius 1 is 0.964 bits per heavy atom. The van der Waals surface area contributed by atoms with Crippen LogP contribution in [0.4, 0.5) is 11.4 Å². The Balaban J connectivity index is 0.00000225. The summed E-state index contributed by atoms with van der Waals surface area (Å²) in [6.07, 6.45) is 4.59. The van der Waals surface area contributed by atoms with Crippen molar-refractivity contribution in [2.24, 2.45) is 5.92 Å². The van der Waals surface area contributed by atoms with E-state index in [0.717, 1.165) is 51.9 Å². The Kier molecular flexibility index (Phi) is 6.97. The summed E-state index contributed by atoms with van der Waals surface area (Å²) in [5.74, 6) is -0.346. The van der Waals surface area contributed by atoms with Crippen molar-refractivity contribution in [2.75, 3.05) is 31.1 Å². The lowest BCUT2D eigenvalue weighted by Gasteiger charge is -2.28. The Bertz CT molecular complexity index is 763. The van der Waals surface area contributed by atoms with Crippen LogP contribution in [0.2, 0.25) is 0 Å². The van der Waals surface area contributed by atoms with Crippen LogP contribution < -0.4 is 4.90 Å². The number of carboxylic acids is 1. The lowest BCUT2D eigenvalue weighted by atomic mass is 10.0. The van der Waals surface area contributed by atoms with Crippen LogP contribution in [0.5, 0.6) is 0 Å². The van der Waals surface area contributed by atoms with Gasteiger partial charge in [-0.1, -0.05) is 36.4 Å². The van der Waals surface area contributed by atoms with Gasteiger partial charge in [-0.25, -0.2) is 0 Å². The fraction of sp³-hybridized carbons (Fsp3) is 0.435. The lowest BCUT2D eigenvalue weighted by Crippen LogP contribution is -2.27. The van der Waals surface area contributed by atoms with E-state index < -0.39 is 5.97 Å². The number of halogens is 1. The summed E-state index contributed by atoms with van der Waals surface area (Å²) >= 11 is 0. The number of likely N-dealkylation sites (tertiary alicyclic amines) is 1. The average molecular weight is 401 g/mol. The SMILES string of the molecule is Cl.O=C(O)CC1CCN(CCCN2c3ccccc3CCc3ccccc32)C1. The smallest absolute Gasteiger partial charge is 0.303 e. The molecule has 0 radical (unpaired) electrons. The Morgan fingerprint density at radius 3 is 2.18 bits per heavy atom. The molecule has 2 aromatic carbocycles. The lowest BCUT2D eigenvalue weighted by molar-refractivity contribution is -0.138. The number of nitrogens with zero attached hydrogens (tertiary/aromatic N) is 2. The standard InChI is InChI=1S/C23H28N2O2.ClH/c26-23(27)16-18-12-15-24(17-18)13-5-14-25-21-8-3-1-6-19(21)10-11-20-7-2-4-9-22(20)25;/h1-4,6-9,18H,5,10-17H2,(H,26,27);1H. The van der Waals surface area contributed by atoms with E-state index in [1.807, 2.05) is 0 Å². The van der Waals surface area contributed by atoms with Gasteiger partial charge in [0.05, 0.1) is 0 Å². The summed E-state index contributed by atoms with van der Waals surface area (Å²) in [4.78, 5) is 15.8. The number of hydrogen-bond acceptors (Lipinski definition) is 3. The highest BCUT2D eigenvalue weighted by Gasteiger charge is 2.25. The fourth-order valence-electron chi connectivity index (χ4n) is 4.59. The second-order valence-electron chi connectivity index (χ2n) is 7.82. The highest BCUT2D eigenvalue weighted by atomic mass is 35.5. The molecule has 0 aromatic heterocycles. The Labute approximate surface area is 173 Å². The molecule has 4 rings (SSSR count). The zero-order valence-electron chi connectivity index (χ0n) is 16.2. The van der Waals surface area contributed by atoms with Crippen LogP contribution in [0.1, 0.15) is 30.4 Å². The van der Waals surface area contributed by atoms with E-state index in [2.05, 4.69) is 58.3 Å². The monoisotopic (exact) mass is 400 g/mol. The predicted molar refractivity (Wildman–Crippen MR) is 116 cm³/mol. The molecule has 2 aliphatic rings. The zero-order valence-corrected chi connectivity index (χ0v) is 17.0. The molecule has 1 fully saturated rings. The van der Waals surface area contributed by atoms with Gasteiger partial charge in [0.1, 0.15) is 0 Å². The molecule has 0 amide bonds. The third kappa shape index (κ3) is 4.68. The number of aryl methyl sites for hydroxylation is 2. The van der Waals surface area contributed by atoms with Crippen LogP contribution in [0.3, 0.4) is 0 Å². The number of aliphatic carboxylic acids is 1. The van der Waals surface area contributed by atoms with Crippen LogP contribution in [0.15, 0.2) is 48.5 Å². The van der Waals surface area contributed by atoms with E-state index >= 15 is 0 Å². The van der Waals surface area contributed by atoms with Crippen LogP contribution in [-0.2, 0) is 17.6 Å². The quantitative estimate of drug-likeness (QED) is 0.773. The van der Waals surface area contributed by atoms with Gasteiger partial charge in [0.2, 0.25) is 0 Å². The van der Waals surface area contributed by atoms with Gasteiger partial charge in [-0.15, -0.1) is 12.4 Å². The summed E-state index contributed by atoms with van der Waals surface area (Å²) in [5.41, 5.74) is 5.54. The van der Waals surface area contributed by atoms with E-state index in [9.17, 15) is 4.79 Å². The van der Waals surface area contributed by atoms with Gasteiger partial charge in [-0.05, 0) is 68.0 Å². The zero-order chi connectivity index (χ0) is 18.6.